The van der Waals surface area contributed by atoms with Crippen molar-refractivity contribution >= 4 is 36.0 Å². The molecule has 4 aromatic carbocycles. The molecule has 10 nitrogen and oxygen atoms in total. The normalized spacial score (nSPS) is 12.3. The summed E-state index contributed by atoms with van der Waals surface area (Å²) in [6, 6.07) is 25.8. The van der Waals surface area contributed by atoms with Crippen LogP contribution in [-0.4, -0.2) is 48.3 Å². The lowest BCUT2D eigenvalue weighted by atomic mass is 9.95. The van der Waals surface area contributed by atoms with E-state index in [-0.39, 0.29) is 11.1 Å². The van der Waals surface area contributed by atoms with Gasteiger partial charge in [-0.05, 0) is 82.9 Å². The second-order valence-corrected chi connectivity index (χ2v) is 9.79. The fourth-order valence-corrected chi connectivity index (χ4v) is 4.36. The van der Waals surface area contributed by atoms with Crippen LogP contribution in [0.4, 0.5) is 0 Å². The Morgan fingerprint density at radius 3 is 1.13 bits per heavy atom. The average molecular weight is 623 g/mol. The number of carbonyl (C=O) groups is 4. The lowest BCUT2D eigenvalue weighted by molar-refractivity contribution is -0.132. The molecule has 2 atom stereocenters. The average Bonchev–Trinajstić information content (AvgIpc) is 3.08. The molecule has 46 heavy (non-hydrogen) atoms. The van der Waals surface area contributed by atoms with Crippen LogP contribution in [0.15, 0.2) is 109 Å². The van der Waals surface area contributed by atoms with Crippen LogP contribution in [-0.2, 0) is 19.1 Å². The van der Waals surface area contributed by atoms with Crippen molar-refractivity contribution in [2.45, 2.75) is 12.2 Å². The van der Waals surface area contributed by atoms with E-state index < -0.39 is 36.1 Å². The number of carbonyl (C=O) groups excluding carboxylic acids is 2. The highest BCUT2D eigenvalue weighted by molar-refractivity contribution is 5.91. The van der Waals surface area contributed by atoms with E-state index in [1.165, 1.54) is 26.4 Å². The Labute approximate surface area is 264 Å². The summed E-state index contributed by atoms with van der Waals surface area (Å²) >= 11 is 0. The zero-order chi connectivity index (χ0) is 33.1. The molecule has 2 N–H and O–H groups in total. The van der Waals surface area contributed by atoms with Crippen molar-refractivity contribution in [2.24, 2.45) is 0 Å². The molecule has 0 radical (unpaired) electrons. The molecule has 0 aliphatic rings. The van der Waals surface area contributed by atoms with Gasteiger partial charge in [-0.2, -0.15) is 0 Å². The van der Waals surface area contributed by atoms with Crippen LogP contribution in [0, 0.1) is 0 Å². The smallest absolute Gasteiger partial charge is 0.338 e. The van der Waals surface area contributed by atoms with Crippen molar-refractivity contribution in [3.63, 3.8) is 0 Å². The van der Waals surface area contributed by atoms with E-state index in [2.05, 4.69) is 0 Å². The van der Waals surface area contributed by atoms with Crippen molar-refractivity contribution in [3.8, 4) is 11.5 Å². The summed E-state index contributed by atoms with van der Waals surface area (Å²) < 4.78 is 22.5. The molecule has 0 fully saturated rings. The molecule has 0 saturated heterocycles. The zero-order valence-corrected chi connectivity index (χ0v) is 24.9. The Hall–Kier alpha value is -6.16. The quantitative estimate of drug-likeness (QED) is 0.127. The fraction of sp³-hybridized carbons (Fsp3) is 0.111. The van der Waals surface area contributed by atoms with E-state index in [1.807, 2.05) is 0 Å². The van der Waals surface area contributed by atoms with Crippen LogP contribution in [0.25, 0.3) is 12.2 Å². The van der Waals surface area contributed by atoms with E-state index in [1.54, 1.807) is 97.1 Å². The monoisotopic (exact) mass is 622 g/mol. The van der Waals surface area contributed by atoms with Crippen LogP contribution in [0.5, 0.6) is 11.5 Å². The second kappa shape index (κ2) is 15.5. The van der Waals surface area contributed by atoms with Gasteiger partial charge in [0.1, 0.15) is 11.5 Å². The number of rotatable bonds is 13. The van der Waals surface area contributed by atoms with Crippen LogP contribution in [0.1, 0.15) is 55.2 Å². The number of methoxy groups -OCH3 is 2. The Balaban J connectivity index is 1.78. The zero-order valence-electron chi connectivity index (χ0n) is 24.9. The summed E-state index contributed by atoms with van der Waals surface area (Å²) in [5.74, 6) is -2.53. The molecular formula is C36H30O10. The number of aliphatic carboxylic acids is 2. The Morgan fingerprint density at radius 2 is 0.848 bits per heavy atom. The summed E-state index contributed by atoms with van der Waals surface area (Å²) in [7, 11) is 3.01. The van der Waals surface area contributed by atoms with E-state index in [9.17, 15) is 19.2 Å². The highest BCUT2D eigenvalue weighted by atomic mass is 16.6. The van der Waals surface area contributed by atoms with Gasteiger partial charge in [-0.15, -0.1) is 0 Å². The number of ether oxygens (including phenoxy) is 4. The maximum atomic E-state index is 13.5. The minimum absolute atomic E-state index is 0.223. The molecule has 4 aromatic rings. The predicted octanol–water partition coefficient (Wildman–Crippen LogP) is 6.40. The first-order chi connectivity index (χ1) is 22.2. The third-order valence-corrected chi connectivity index (χ3v) is 6.76. The van der Waals surface area contributed by atoms with Gasteiger partial charge in [-0.3, -0.25) is 0 Å². The van der Waals surface area contributed by atoms with E-state index >= 15 is 0 Å². The van der Waals surface area contributed by atoms with Crippen LogP contribution in [0.2, 0.25) is 0 Å². The van der Waals surface area contributed by atoms with E-state index in [0.29, 0.717) is 33.8 Å². The molecule has 0 aliphatic carbocycles. The molecule has 0 spiro atoms. The molecule has 4 rings (SSSR count). The van der Waals surface area contributed by atoms with Gasteiger partial charge in [0.25, 0.3) is 0 Å². The van der Waals surface area contributed by atoms with Crippen molar-refractivity contribution < 1.29 is 48.3 Å². The molecule has 10 heteroatoms. The van der Waals surface area contributed by atoms with Crippen molar-refractivity contribution in [1.29, 1.82) is 0 Å². The minimum Gasteiger partial charge on any atom is -0.497 e. The summed E-state index contributed by atoms with van der Waals surface area (Å²) in [6.07, 6.45) is 2.47. The van der Waals surface area contributed by atoms with E-state index in [4.69, 9.17) is 29.2 Å². The number of hydrogen-bond acceptors (Lipinski definition) is 8. The number of carboxylic acids is 2. The van der Waals surface area contributed by atoms with Crippen molar-refractivity contribution in [3.05, 3.63) is 143 Å². The van der Waals surface area contributed by atoms with Gasteiger partial charge in [-0.25, -0.2) is 19.2 Å². The van der Waals surface area contributed by atoms with Gasteiger partial charge in [0.15, 0.2) is 12.2 Å². The summed E-state index contributed by atoms with van der Waals surface area (Å²) in [4.78, 5) is 49.0. The molecule has 0 aromatic heterocycles. The van der Waals surface area contributed by atoms with Crippen LogP contribution < -0.4 is 9.47 Å². The van der Waals surface area contributed by atoms with Gasteiger partial charge in [-0.1, -0.05) is 48.5 Å². The third kappa shape index (κ3) is 8.93. The molecule has 0 saturated carbocycles. The molecule has 0 bridgehead atoms. The van der Waals surface area contributed by atoms with Gasteiger partial charge in [0.05, 0.1) is 25.3 Å². The Bertz CT molecular complexity index is 1590. The Kier molecular flexibility index (Phi) is 11.1. The maximum absolute atomic E-state index is 13.5. The molecular weight excluding hydrogens is 592 g/mol. The second-order valence-electron chi connectivity index (χ2n) is 9.79. The summed E-state index contributed by atoms with van der Waals surface area (Å²) in [5.41, 5.74) is 2.51. The lowest BCUT2D eigenvalue weighted by Crippen LogP contribution is -2.23. The first-order valence-electron chi connectivity index (χ1n) is 13.9. The molecule has 2 unspecified atom stereocenters. The first kappa shape index (κ1) is 32.7. The molecule has 0 amide bonds. The largest absolute Gasteiger partial charge is 0.497 e. The van der Waals surface area contributed by atoms with Crippen molar-refractivity contribution in [2.75, 3.05) is 14.2 Å². The highest BCUT2D eigenvalue weighted by Crippen LogP contribution is 2.37. The molecule has 0 aliphatic heterocycles. The van der Waals surface area contributed by atoms with Gasteiger partial charge < -0.3 is 29.2 Å². The first-order valence-corrected chi connectivity index (χ1v) is 13.9. The molecule has 0 heterocycles. The van der Waals surface area contributed by atoms with Gasteiger partial charge in [0, 0.05) is 12.2 Å². The minimum atomic E-state index is -1.17. The predicted molar refractivity (Wildman–Crippen MR) is 169 cm³/mol. The van der Waals surface area contributed by atoms with Crippen LogP contribution in [0.3, 0.4) is 0 Å². The summed E-state index contributed by atoms with van der Waals surface area (Å²) in [6.45, 7) is 0. The standard InChI is InChI=1S/C36H30O10/c1-43-29-17-13-27(14-18-29)35(41)45-33(25-9-3-23(4-10-25)7-21-31(37)38)34(26-11-5-24(6-12-26)8-22-32(39)40)46-36(42)28-15-19-30(44-2)20-16-28/h3-22,33-34H,1-2H3,(H,37,38)(H,39,40)/b21-7+,22-8+. The van der Waals surface area contributed by atoms with E-state index in [0.717, 1.165) is 12.2 Å². The number of hydrogen-bond donors (Lipinski definition) is 2. The van der Waals surface area contributed by atoms with Crippen LogP contribution >= 0.6 is 0 Å². The summed E-state index contributed by atoms with van der Waals surface area (Å²) in [5, 5.41) is 18.0. The lowest BCUT2D eigenvalue weighted by Gasteiger charge is -2.28. The third-order valence-electron chi connectivity index (χ3n) is 6.76. The maximum Gasteiger partial charge on any atom is 0.338 e. The number of benzene rings is 4. The van der Waals surface area contributed by atoms with Crippen molar-refractivity contribution in [1.82, 2.24) is 0 Å². The SMILES string of the molecule is COc1ccc(C(=O)OC(c2ccc(/C=C/C(=O)O)cc2)C(OC(=O)c2ccc(OC)cc2)c2ccc(/C=C/C(=O)O)cc2)cc1. The Morgan fingerprint density at radius 1 is 0.522 bits per heavy atom. The fourth-order valence-electron chi connectivity index (χ4n) is 4.36. The van der Waals surface area contributed by atoms with Gasteiger partial charge in [0.2, 0.25) is 0 Å². The van der Waals surface area contributed by atoms with Gasteiger partial charge >= 0.3 is 23.9 Å². The topological polar surface area (TPSA) is 146 Å². The number of esters is 2. The highest BCUT2D eigenvalue weighted by Gasteiger charge is 2.33. The molecule has 234 valence electrons. The number of carboxylic acid groups (broad SMARTS) is 2.